The van der Waals surface area contributed by atoms with Crippen molar-refractivity contribution in [2.75, 3.05) is 27.9 Å². The summed E-state index contributed by atoms with van der Waals surface area (Å²) in [5.74, 6) is 2.32. The molecule has 0 radical (unpaired) electrons. The molecule has 2 rings (SSSR count). The van der Waals surface area contributed by atoms with Crippen molar-refractivity contribution in [3.05, 3.63) is 53.6 Å². The Bertz CT molecular complexity index is 712. The number of nitrogens with zero attached hydrogens (tertiary/aromatic N) is 1. The molecule has 0 fully saturated rings. The minimum absolute atomic E-state index is 0.105. The van der Waals surface area contributed by atoms with Gasteiger partial charge in [-0.1, -0.05) is 18.2 Å². The first kappa shape index (κ1) is 19.6. The smallest absolute Gasteiger partial charge is 0.222 e. The second-order valence-corrected chi connectivity index (χ2v) is 6.02. The molecule has 0 aliphatic heterocycles. The Labute approximate surface area is 155 Å². The summed E-state index contributed by atoms with van der Waals surface area (Å²) in [4.78, 5) is 14.2. The normalized spacial score (nSPS) is 10.3. The SMILES string of the molecule is CCOc1ccc(CN(C)C(=O)CCc2ccc(OC)c(OC)c2)cc1. The Morgan fingerprint density at radius 3 is 2.23 bits per heavy atom. The first-order valence-corrected chi connectivity index (χ1v) is 8.74. The predicted octanol–water partition coefficient (Wildman–Crippen LogP) is 3.69. The van der Waals surface area contributed by atoms with Crippen LogP contribution in [0.1, 0.15) is 24.5 Å². The number of methoxy groups -OCH3 is 2. The highest BCUT2D eigenvalue weighted by atomic mass is 16.5. The van der Waals surface area contributed by atoms with Gasteiger partial charge in [0.05, 0.1) is 20.8 Å². The van der Waals surface area contributed by atoms with Crippen LogP contribution in [0.25, 0.3) is 0 Å². The van der Waals surface area contributed by atoms with Crippen LogP contribution < -0.4 is 14.2 Å². The largest absolute Gasteiger partial charge is 0.494 e. The van der Waals surface area contributed by atoms with Crippen LogP contribution in [0.15, 0.2) is 42.5 Å². The van der Waals surface area contributed by atoms with Gasteiger partial charge < -0.3 is 19.1 Å². The van der Waals surface area contributed by atoms with Gasteiger partial charge in [-0.05, 0) is 48.7 Å². The zero-order chi connectivity index (χ0) is 18.9. The van der Waals surface area contributed by atoms with E-state index in [1.165, 1.54) is 0 Å². The van der Waals surface area contributed by atoms with Crippen LogP contribution in [0.4, 0.5) is 0 Å². The van der Waals surface area contributed by atoms with E-state index < -0.39 is 0 Å². The summed E-state index contributed by atoms with van der Waals surface area (Å²) in [6.07, 6.45) is 1.11. The third kappa shape index (κ3) is 5.41. The van der Waals surface area contributed by atoms with Crippen LogP contribution in [-0.4, -0.2) is 38.7 Å². The maximum atomic E-state index is 12.4. The summed E-state index contributed by atoms with van der Waals surface area (Å²) < 4.78 is 16.0. The summed E-state index contributed by atoms with van der Waals surface area (Å²) >= 11 is 0. The molecule has 0 aliphatic rings. The molecule has 0 aromatic heterocycles. The van der Waals surface area contributed by atoms with Crippen LogP contribution >= 0.6 is 0 Å². The third-order valence-corrected chi connectivity index (χ3v) is 4.16. The van der Waals surface area contributed by atoms with Crippen LogP contribution in [0, 0.1) is 0 Å². The standard InChI is InChI=1S/C21H27NO4/c1-5-26-18-10-6-17(7-11-18)15-22(2)21(23)13-9-16-8-12-19(24-3)20(14-16)25-4/h6-8,10-12,14H,5,9,13,15H2,1-4H3. The van der Waals surface area contributed by atoms with E-state index in [1.807, 2.05) is 56.4 Å². The topological polar surface area (TPSA) is 48.0 Å². The van der Waals surface area contributed by atoms with E-state index in [4.69, 9.17) is 14.2 Å². The van der Waals surface area contributed by atoms with Crippen molar-refractivity contribution in [3.8, 4) is 17.2 Å². The molecule has 26 heavy (non-hydrogen) atoms. The Morgan fingerprint density at radius 2 is 1.62 bits per heavy atom. The lowest BCUT2D eigenvalue weighted by molar-refractivity contribution is -0.130. The van der Waals surface area contributed by atoms with Crippen LogP contribution in [0.3, 0.4) is 0 Å². The van der Waals surface area contributed by atoms with Gasteiger partial charge in [-0.3, -0.25) is 4.79 Å². The van der Waals surface area contributed by atoms with Gasteiger partial charge in [0.2, 0.25) is 5.91 Å². The zero-order valence-electron chi connectivity index (χ0n) is 16.0. The van der Waals surface area contributed by atoms with Crippen LogP contribution in [-0.2, 0) is 17.8 Å². The van der Waals surface area contributed by atoms with Gasteiger partial charge in [-0.25, -0.2) is 0 Å². The highest BCUT2D eigenvalue weighted by molar-refractivity contribution is 5.76. The Kier molecular flexibility index (Phi) is 7.33. The maximum Gasteiger partial charge on any atom is 0.222 e. The van der Waals surface area contributed by atoms with E-state index >= 15 is 0 Å². The molecular formula is C21H27NO4. The van der Waals surface area contributed by atoms with Crippen molar-refractivity contribution in [2.24, 2.45) is 0 Å². The van der Waals surface area contributed by atoms with Gasteiger partial charge in [-0.15, -0.1) is 0 Å². The first-order chi connectivity index (χ1) is 12.6. The fraction of sp³-hybridized carbons (Fsp3) is 0.381. The van der Waals surface area contributed by atoms with Crippen molar-refractivity contribution in [2.45, 2.75) is 26.3 Å². The minimum Gasteiger partial charge on any atom is -0.494 e. The quantitative estimate of drug-likeness (QED) is 0.687. The van der Waals surface area contributed by atoms with Gasteiger partial charge in [0.25, 0.3) is 0 Å². The Morgan fingerprint density at radius 1 is 0.962 bits per heavy atom. The molecule has 140 valence electrons. The third-order valence-electron chi connectivity index (χ3n) is 4.16. The molecule has 0 aliphatic carbocycles. The zero-order valence-corrected chi connectivity index (χ0v) is 16.0. The molecule has 0 N–H and O–H groups in total. The van der Waals surface area contributed by atoms with Crippen molar-refractivity contribution >= 4 is 5.91 Å². The monoisotopic (exact) mass is 357 g/mol. The van der Waals surface area contributed by atoms with Gasteiger partial charge in [0.1, 0.15) is 5.75 Å². The molecule has 5 heteroatoms. The van der Waals surface area contributed by atoms with Crippen molar-refractivity contribution in [1.82, 2.24) is 4.90 Å². The molecule has 1 amide bonds. The fourth-order valence-electron chi connectivity index (χ4n) is 2.70. The number of amides is 1. The van der Waals surface area contributed by atoms with Crippen LogP contribution in [0.5, 0.6) is 17.2 Å². The molecule has 0 unspecified atom stereocenters. The first-order valence-electron chi connectivity index (χ1n) is 8.74. The number of carbonyl (C=O) groups excluding carboxylic acids is 1. The molecule has 0 saturated carbocycles. The van der Waals surface area contributed by atoms with Gasteiger partial charge >= 0.3 is 0 Å². The Hall–Kier alpha value is -2.69. The lowest BCUT2D eigenvalue weighted by atomic mass is 10.1. The van der Waals surface area contributed by atoms with E-state index in [1.54, 1.807) is 19.1 Å². The van der Waals surface area contributed by atoms with E-state index in [0.717, 1.165) is 16.9 Å². The van der Waals surface area contributed by atoms with E-state index in [9.17, 15) is 4.79 Å². The molecule has 0 saturated heterocycles. The second-order valence-electron chi connectivity index (χ2n) is 6.02. The number of benzene rings is 2. The van der Waals surface area contributed by atoms with Gasteiger partial charge in [0, 0.05) is 20.0 Å². The number of rotatable bonds is 9. The number of hydrogen-bond acceptors (Lipinski definition) is 4. The molecule has 5 nitrogen and oxygen atoms in total. The average Bonchev–Trinajstić information content (AvgIpc) is 2.67. The molecular weight excluding hydrogens is 330 g/mol. The van der Waals surface area contributed by atoms with E-state index in [0.29, 0.717) is 37.5 Å². The van der Waals surface area contributed by atoms with Gasteiger partial charge in [0.15, 0.2) is 11.5 Å². The minimum atomic E-state index is 0.105. The Balaban J connectivity index is 1.88. The van der Waals surface area contributed by atoms with E-state index in [-0.39, 0.29) is 5.91 Å². The number of carbonyl (C=O) groups is 1. The molecule has 0 bridgehead atoms. The van der Waals surface area contributed by atoms with Gasteiger partial charge in [-0.2, -0.15) is 0 Å². The predicted molar refractivity (Wildman–Crippen MR) is 102 cm³/mol. The second kappa shape index (κ2) is 9.70. The summed E-state index contributed by atoms with van der Waals surface area (Å²) in [5.41, 5.74) is 2.13. The van der Waals surface area contributed by atoms with Crippen molar-refractivity contribution in [3.63, 3.8) is 0 Å². The van der Waals surface area contributed by atoms with Crippen molar-refractivity contribution < 1.29 is 19.0 Å². The van der Waals surface area contributed by atoms with Crippen molar-refractivity contribution in [1.29, 1.82) is 0 Å². The lowest BCUT2D eigenvalue weighted by Crippen LogP contribution is -2.26. The lowest BCUT2D eigenvalue weighted by Gasteiger charge is -2.18. The average molecular weight is 357 g/mol. The summed E-state index contributed by atoms with van der Waals surface area (Å²) in [5, 5.41) is 0. The highest BCUT2D eigenvalue weighted by Gasteiger charge is 2.11. The molecule has 0 heterocycles. The fourth-order valence-corrected chi connectivity index (χ4v) is 2.70. The molecule has 0 atom stereocenters. The molecule has 2 aromatic rings. The summed E-state index contributed by atoms with van der Waals surface area (Å²) in [7, 11) is 5.04. The van der Waals surface area contributed by atoms with Crippen LogP contribution in [0.2, 0.25) is 0 Å². The maximum absolute atomic E-state index is 12.4. The summed E-state index contributed by atoms with van der Waals surface area (Å²) in [6.45, 7) is 3.18. The highest BCUT2D eigenvalue weighted by Crippen LogP contribution is 2.28. The van der Waals surface area contributed by atoms with E-state index in [2.05, 4.69) is 0 Å². The molecule has 0 spiro atoms. The number of ether oxygens (including phenoxy) is 3. The number of aryl methyl sites for hydroxylation is 1. The number of hydrogen-bond donors (Lipinski definition) is 0. The molecule has 2 aromatic carbocycles. The summed E-state index contributed by atoms with van der Waals surface area (Å²) in [6, 6.07) is 13.6.